The summed E-state index contributed by atoms with van der Waals surface area (Å²) in [7, 11) is 0. The van der Waals surface area contributed by atoms with Gasteiger partial charge in [0.15, 0.2) is 6.10 Å². The van der Waals surface area contributed by atoms with E-state index in [1.165, 1.54) is 6.08 Å². The van der Waals surface area contributed by atoms with Gasteiger partial charge in [-0.15, -0.1) is 0 Å². The largest absolute Gasteiger partial charge is 0.479 e. The van der Waals surface area contributed by atoms with Gasteiger partial charge in [-0.1, -0.05) is 26.8 Å². The number of hydrogen-bond acceptors (Lipinski definition) is 2. The second kappa shape index (κ2) is 3.53. The summed E-state index contributed by atoms with van der Waals surface area (Å²) in [6.45, 7) is 5.79. The van der Waals surface area contributed by atoms with Crippen LogP contribution in [0.1, 0.15) is 20.8 Å². The van der Waals surface area contributed by atoms with Crippen LogP contribution >= 0.6 is 0 Å². The Bertz CT molecular complexity index is 165. The fourth-order valence-corrected chi connectivity index (χ4v) is 0.462. The van der Waals surface area contributed by atoms with Gasteiger partial charge in [-0.05, 0) is 11.5 Å². The highest BCUT2D eigenvalue weighted by molar-refractivity contribution is 5.74. The Balaban J connectivity index is 4.04. The van der Waals surface area contributed by atoms with Crippen molar-refractivity contribution < 1.29 is 15.0 Å². The third-order valence-corrected chi connectivity index (χ3v) is 1.03. The number of rotatable bonds is 2. The van der Waals surface area contributed by atoms with E-state index in [2.05, 4.69) is 0 Å². The molecule has 0 aliphatic heterocycles. The van der Waals surface area contributed by atoms with Gasteiger partial charge in [0.25, 0.3) is 0 Å². The van der Waals surface area contributed by atoms with Crippen LogP contribution in [0.5, 0.6) is 0 Å². The zero-order valence-corrected chi connectivity index (χ0v) is 7.03. The minimum atomic E-state index is -1.38. The first-order valence-electron chi connectivity index (χ1n) is 3.43. The summed E-state index contributed by atoms with van der Waals surface area (Å²) in [6, 6.07) is 0. The third kappa shape index (κ3) is 5.61. The van der Waals surface area contributed by atoms with Gasteiger partial charge in [-0.3, -0.25) is 0 Å². The molecule has 3 heteroatoms. The third-order valence-electron chi connectivity index (χ3n) is 1.03. The quantitative estimate of drug-likeness (QED) is 0.590. The molecule has 64 valence electrons. The molecule has 0 aliphatic rings. The van der Waals surface area contributed by atoms with Crippen LogP contribution in [0.4, 0.5) is 0 Å². The van der Waals surface area contributed by atoms with E-state index >= 15 is 0 Å². The molecule has 0 rings (SSSR count). The van der Waals surface area contributed by atoms with E-state index in [1.807, 2.05) is 20.8 Å². The molecule has 1 atom stereocenters. The number of aliphatic carboxylic acids is 1. The molecule has 0 spiro atoms. The fourth-order valence-electron chi connectivity index (χ4n) is 0.462. The molecular weight excluding hydrogens is 144 g/mol. The Morgan fingerprint density at radius 3 is 2.18 bits per heavy atom. The Morgan fingerprint density at radius 1 is 1.45 bits per heavy atom. The molecule has 0 amide bonds. The van der Waals surface area contributed by atoms with Crippen molar-refractivity contribution in [2.45, 2.75) is 26.9 Å². The molecule has 0 aromatic heterocycles. The number of allylic oxidation sites excluding steroid dienone is 1. The van der Waals surface area contributed by atoms with Crippen LogP contribution in [0.15, 0.2) is 12.2 Å². The minimum Gasteiger partial charge on any atom is -0.479 e. The predicted molar refractivity (Wildman–Crippen MR) is 42.2 cm³/mol. The number of carboxylic acids is 1. The maximum absolute atomic E-state index is 10.1. The highest BCUT2D eigenvalue weighted by atomic mass is 16.4. The van der Waals surface area contributed by atoms with Crippen molar-refractivity contribution in [1.82, 2.24) is 0 Å². The van der Waals surface area contributed by atoms with Crippen molar-refractivity contribution in [3.8, 4) is 0 Å². The lowest BCUT2D eigenvalue weighted by atomic mass is 9.96. The maximum Gasteiger partial charge on any atom is 0.336 e. The topological polar surface area (TPSA) is 57.5 Å². The normalized spacial score (nSPS) is 15.3. The molecule has 0 aliphatic carbocycles. The van der Waals surface area contributed by atoms with Crippen molar-refractivity contribution in [2.75, 3.05) is 0 Å². The number of carbonyl (C=O) groups is 1. The molecule has 0 saturated heterocycles. The predicted octanol–water partition coefficient (Wildman–Crippen LogP) is 1.03. The summed E-state index contributed by atoms with van der Waals surface area (Å²) in [5, 5.41) is 17.1. The van der Waals surface area contributed by atoms with Crippen molar-refractivity contribution in [1.29, 1.82) is 0 Å². The average Bonchev–Trinajstić information content (AvgIpc) is 1.80. The van der Waals surface area contributed by atoms with Crippen molar-refractivity contribution in [3.63, 3.8) is 0 Å². The standard InChI is InChI=1S/C8H14O3/c1-8(2,3)5-4-6(9)7(10)11/h4-6,9H,1-3H3,(H,10,11). The van der Waals surface area contributed by atoms with Crippen LogP contribution in [-0.2, 0) is 4.79 Å². The second-order valence-electron chi connectivity index (χ2n) is 3.51. The van der Waals surface area contributed by atoms with Gasteiger partial charge >= 0.3 is 5.97 Å². The molecule has 1 unspecified atom stereocenters. The van der Waals surface area contributed by atoms with E-state index in [1.54, 1.807) is 6.08 Å². The summed E-state index contributed by atoms with van der Waals surface area (Å²) in [6.07, 6.45) is 1.57. The maximum atomic E-state index is 10.1. The molecule has 2 N–H and O–H groups in total. The van der Waals surface area contributed by atoms with E-state index < -0.39 is 12.1 Å². The van der Waals surface area contributed by atoms with Crippen LogP contribution < -0.4 is 0 Å². The van der Waals surface area contributed by atoms with Gasteiger partial charge in [-0.2, -0.15) is 0 Å². The fraction of sp³-hybridized carbons (Fsp3) is 0.625. The summed E-state index contributed by atoms with van der Waals surface area (Å²) >= 11 is 0. The SMILES string of the molecule is CC(C)(C)C=CC(O)C(=O)O. The van der Waals surface area contributed by atoms with E-state index in [0.717, 1.165) is 0 Å². The highest BCUT2D eigenvalue weighted by Crippen LogP contribution is 2.14. The molecule has 0 radical (unpaired) electrons. The molecule has 3 nitrogen and oxygen atoms in total. The summed E-state index contributed by atoms with van der Waals surface area (Å²) in [5.41, 5.74) is -0.0869. The van der Waals surface area contributed by atoms with Gasteiger partial charge in [0.1, 0.15) is 0 Å². The second-order valence-corrected chi connectivity index (χ2v) is 3.51. The number of aliphatic hydroxyl groups excluding tert-OH is 1. The Morgan fingerprint density at radius 2 is 1.91 bits per heavy atom. The molecular formula is C8H14O3. The first-order chi connectivity index (χ1) is 4.83. The highest BCUT2D eigenvalue weighted by Gasteiger charge is 2.10. The Hall–Kier alpha value is -0.830. The first kappa shape index (κ1) is 10.2. The number of hydrogen-bond donors (Lipinski definition) is 2. The smallest absolute Gasteiger partial charge is 0.336 e. The monoisotopic (exact) mass is 158 g/mol. The van der Waals surface area contributed by atoms with E-state index in [0.29, 0.717) is 0 Å². The van der Waals surface area contributed by atoms with E-state index in [9.17, 15) is 4.79 Å². The zero-order valence-electron chi connectivity index (χ0n) is 7.03. The van der Waals surface area contributed by atoms with Crippen molar-refractivity contribution in [2.24, 2.45) is 5.41 Å². The van der Waals surface area contributed by atoms with Gasteiger partial charge in [-0.25, -0.2) is 4.79 Å². The lowest BCUT2D eigenvalue weighted by molar-refractivity contribution is -0.144. The van der Waals surface area contributed by atoms with Gasteiger partial charge in [0.05, 0.1) is 0 Å². The van der Waals surface area contributed by atoms with Crippen LogP contribution in [0.2, 0.25) is 0 Å². The van der Waals surface area contributed by atoms with Gasteiger partial charge in [0, 0.05) is 0 Å². The van der Waals surface area contributed by atoms with Crippen molar-refractivity contribution in [3.05, 3.63) is 12.2 Å². The molecule has 0 fully saturated rings. The molecule has 0 aromatic rings. The molecule has 11 heavy (non-hydrogen) atoms. The van der Waals surface area contributed by atoms with Crippen LogP contribution in [0, 0.1) is 5.41 Å². The van der Waals surface area contributed by atoms with Crippen LogP contribution in [0.25, 0.3) is 0 Å². The van der Waals surface area contributed by atoms with Crippen molar-refractivity contribution >= 4 is 5.97 Å². The van der Waals surface area contributed by atoms with E-state index in [-0.39, 0.29) is 5.41 Å². The minimum absolute atomic E-state index is 0.0869. The molecule has 0 bridgehead atoms. The lowest BCUT2D eigenvalue weighted by Gasteiger charge is -2.11. The average molecular weight is 158 g/mol. The summed E-state index contributed by atoms with van der Waals surface area (Å²) in [4.78, 5) is 10.1. The Labute approximate surface area is 66.4 Å². The lowest BCUT2D eigenvalue weighted by Crippen LogP contribution is -2.17. The van der Waals surface area contributed by atoms with E-state index in [4.69, 9.17) is 10.2 Å². The molecule has 0 aromatic carbocycles. The van der Waals surface area contributed by atoms with Crippen LogP contribution in [-0.4, -0.2) is 22.3 Å². The Kier molecular flexibility index (Phi) is 3.26. The molecule has 0 heterocycles. The van der Waals surface area contributed by atoms with Gasteiger partial charge < -0.3 is 10.2 Å². The molecule has 0 saturated carbocycles. The van der Waals surface area contributed by atoms with Gasteiger partial charge in [0.2, 0.25) is 0 Å². The number of carboxylic acid groups (broad SMARTS) is 1. The zero-order chi connectivity index (χ0) is 9.07. The summed E-state index contributed by atoms with van der Waals surface area (Å²) < 4.78 is 0. The first-order valence-corrected chi connectivity index (χ1v) is 3.43. The number of aliphatic hydroxyl groups is 1. The van der Waals surface area contributed by atoms with Crippen LogP contribution in [0.3, 0.4) is 0 Å². The summed E-state index contributed by atoms with van der Waals surface area (Å²) in [5.74, 6) is -1.22.